The Labute approximate surface area is 143 Å². The highest BCUT2D eigenvalue weighted by Crippen LogP contribution is 2.18. The number of aromatic nitrogens is 1. The van der Waals surface area contributed by atoms with E-state index in [0.717, 1.165) is 30.3 Å². The van der Waals surface area contributed by atoms with Gasteiger partial charge in [0.25, 0.3) is 5.91 Å². The van der Waals surface area contributed by atoms with Crippen LogP contribution in [-0.4, -0.2) is 30.5 Å². The summed E-state index contributed by atoms with van der Waals surface area (Å²) >= 11 is 0. The molecule has 0 aliphatic carbocycles. The number of hydrogen-bond donors (Lipinski definition) is 2. The van der Waals surface area contributed by atoms with Crippen LogP contribution in [0.1, 0.15) is 24.2 Å². The van der Waals surface area contributed by atoms with E-state index < -0.39 is 0 Å². The molecule has 2 rings (SSSR count). The van der Waals surface area contributed by atoms with Crippen molar-refractivity contribution < 1.29 is 4.79 Å². The number of carbonyl (C=O) groups excluding carboxylic acids is 1. The summed E-state index contributed by atoms with van der Waals surface area (Å²) in [5.41, 5.74) is 2.44. The first-order valence-corrected chi connectivity index (χ1v) is 8.15. The molecule has 0 aliphatic heterocycles. The second-order valence-corrected chi connectivity index (χ2v) is 5.27. The number of carbonyl (C=O) groups is 1. The van der Waals surface area contributed by atoms with Crippen LogP contribution in [0.25, 0.3) is 0 Å². The van der Waals surface area contributed by atoms with Crippen LogP contribution >= 0.6 is 0 Å². The van der Waals surface area contributed by atoms with Crippen LogP contribution in [0.15, 0.2) is 55.3 Å². The van der Waals surface area contributed by atoms with Crippen molar-refractivity contribution in [2.45, 2.75) is 13.8 Å². The molecule has 0 radical (unpaired) electrons. The Hall–Kier alpha value is -2.82. The van der Waals surface area contributed by atoms with Crippen LogP contribution in [0.3, 0.4) is 0 Å². The third-order valence-corrected chi connectivity index (χ3v) is 3.71. The maximum atomic E-state index is 12.3. The molecule has 126 valence electrons. The van der Waals surface area contributed by atoms with Crippen LogP contribution in [0, 0.1) is 0 Å². The van der Waals surface area contributed by atoms with Gasteiger partial charge in [-0.15, -0.1) is 6.58 Å². The molecule has 1 heterocycles. The minimum absolute atomic E-state index is 0.173. The number of rotatable bonds is 8. The molecular formula is C19H24N4O. The van der Waals surface area contributed by atoms with Gasteiger partial charge in [-0.1, -0.05) is 6.08 Å². The van der Waals surface area contributed by atoms with E-state index in [1.165, 1.54) is 0 Å². The van der Waals surface area contributed by atoms with Crippen molar-refractivity contribution in [3.8, 4) is 0 Å². The second kappa shape index (κ2) is 8.72. The van der Waals surface area contributed by atoms with Crippen molar-refractivity contribution in [3.63, 3.8) is 0 Å². The normalized spacial score (nSPS) is 10.1. The van der Waals surface area contributed by atoms with Crippen LogP contribution in [0.4, 0.5) is 17.2 Å². The smallest absolute Gasteiger partial charge is 0.257 e. The zero-order valence-electron chi connectivity index (χ0n) is 14.2. The van der Waals surface area contributed by atoms with Gasteiger partial charge in [0.05, 0.1) is 5.56 Å². The highest BCUT2D eigenvalue weighted by atomic mass is 16.1. The van der Waals surface area contributed by atoms with Gasteiger partial charge in [-0.05, 0) is 50.2 Å². The Morgan fingerprint density at radius 3 is 2.42 bits per heavy atom. The standard InChI is InChI=1S/C19H24N4O/c1-4-13-20-18-12-7-15(14-21-18)19(24)22-16-8-10-17(11-9-16)23(5-2)6-3/h4,7-12,14H,1,5-6,13H2,2-3H3,(H,20,21)(H,22,24). The van der Waals surface area contributed by atoms with Crippen LogP contribution in [0.2, 0.25) is 0 Å². The van der Waals surface area contributed by atoms with E-state index in [1.54, 1.807) is 24.4 Å². The van der Waals surface area contributed by atoms with Gasteiger partial charge in [-0.2, -0.15) is 0 Å². The number of benzene rings is 1. The predicted octanol–water partition coefficient (Wildman–Crippen LogP) is 3.78. The number of amides is 1. The Morgan fingerprint density at radius 2 is 1.88 bits per heavy atom. The number of hydrogen-bond acceptors (Lipinski definition) is 4. The first kappa shape index (κ1) is 17.5. The fraction of sp³-hybridized carbons (Fsp3) is 0.263. The van der Waals surface area contributed by atoms with E-state index in [-0.39, 0.29) is 5.91 Å². The van der Waals surface area contributed by atoms with Gasteiger partial charge in [-0.25, -0.2) is 4.98 Å². The molecule has 0 fully saturated rings. The van der Waals surface area contributed by atoms with Gasteiger partial charge in [0, 0.05) is 37.2 Å². The quantitative estimate of drug-likeness (QED) is 0.726. The molecule has 0 unspecified atom stereocenters. The summed E-state index contributed by atoms with van der Waals surface area (Å²) in [6.45, 7) is 10.4. The highest BCUT2D eigenvalue weighted by Gasteiger charge is 2.07. The zero-order valence-corrected chi connectivity index (χ0v) is 14.2. The monoisotopic (exact) mass is 324 g/mol. The molecule has 0 bridgehead atoms. The van der Waals surface area contributed by atoms with Crippen molar-refractivity contribution in [2.24, 2.45) is 0 Å². The SMILES string of the molecule is C=CCNc1ccc(C(=O)Nc2ccc(N(CC)CC)cc2)cn1. The van der Waals surface area contributed by atoms with Gasteiger partial charge in [-0.3, -0.25) is 4.79 Å². The number of pyridine rings is 1. The minimum atomic E-state index is -0.173. The van der Waals surface area contributed by atoms with Crippen LogP contribution in [0.5, 0.6) is 0 Å². The van der Waals surface area contributed by atoms with Crippen molar-refractivity contribution in [3.05, 3.63) is 60.8 Å². The molecule has 0 saturated carbocycles. The summed E-state index contributed by atoms with van der Waals surface area (Å²) in [6.07, 6.45) is 3.31. The Bertz CT molecular complexity index is 661. The lowest BCUT2D eigenvalue weighted by molar-refractivity contribution is 0.102. The van der Waals surface area contributed by atoms with Crippen molar-refractivity contribution >= 4 is 23.1 Å². The summed E-state index contributed by atoms with van der Waals surface area (Å²) in [5, 5.41) is 5.96. The van der Waals surface area contributed by atoms with Gasteiger partial charge in [0.1, 0.15) is 5.82 Å². The van der Waals surface area contributed by atoms with Gasteiger partial charge in [0.15, 0.2) is 0 Å². The van der Waals surface area contributed by atoms with E-state index in [1.807, 2.05) is 24.3 Å². The average molecular weight is 324 g/mol. The molecule has 1 amide bonds. The first-order valence-electron chi connectivity index (χ1n) is 8.15. The number of nitrogens with zero attached hydrogens (tertiary/aromatic N) is 2. The molecule has 2 N–H and O–H groups in total. The molecule has 0 aliphatic rings. The Kier molecular flexibility index (Phi) is 6.37. The van der Waals surface area contributed by atoms with Gasteiger partial charge >= 0.3 is 0 Å². The largest absolute Gasteiger partial charge is 0.372 e. The van der Waals surface area contributed by atoms with E-state index in [9.17, 15) is 4.79 Å². The molecule has 2 aromatic rings. The summed E-state index contributed by atoms with van der Waals surface area (Å²) in [4.78, 5) is 18.7. The maximum absolute atomic E-state index is 12.3. The Morgan fingerprint density at radius 1 is 1.17 bits per heavy atom. The first-order chi connectivity index (χ1) is 11.7. The minimum Gasteiger partial charge on any atom is -0.372 e. The molecule has 0 atom stereocenters. The molecule has 0 spiro atoms. The molecule has 5 nitrogen and oxygen atoms in total. The Balaban J connectivity index is 2.00. The highest BCUT2D eigenvalue weighted by molar-refractivity contribution is 6.04. The summed E-state index contributed by atoms with van der Waals surface area (Å²) in [7, 11) is 0. The third-order valence-electron chi connectivity index (χ3n) is 3.71. The molecule has 1 aromatic heterocycles. The second-order valence-electron chi connectivity index (χ2n) is 5.27. The molecule has 24 heavy (non-hydrogen) atoms. The lowest BCUT2D eigenvalue weighted by Crippen LogP contribution is -2.21. The fourth-order valence-electron chi connectivity index (χ4n) is 2.36. The number of anilines is 3. The predicted molar refractivity (Wildman–Crippen MR) is 101 cm³/mol. The summed E-state index contributed by atoms with van der Waals surface area (Å²) < 4.78 is 0. The average Bonchev–Trinajstić information content (AvgIpc) is 2.62. The molecular weight excluding hydrogens is 300 g/mol. The van der Waals surface area contributed by atoms with E-state index in [4.69, 9.17) is 0 Å². The van der Waals surface area contributed by atoms with E-state index in [0.29, 0.717) is 12.1 Å². The topological polar surface area (TPSA) is 57.3 Å². The van der Waals surface area contributed by atoms with E-state index in [2.05, 4.69) is 40.9 Å². The lowest BCUT2D eigenvalue weighted by atomic mass is 10.2. The fourth-order valence-corrected chi connectivity index (χ4v) is 2.36. The summed E-state index contributed by atoms with van der Waals surface area (Å²) in [6, 6.07) is 11.4. The number of nitrogens with one attached hydrogen (secondary N) is 2. The molecule has 1 aromatic carbocycles. The molecule has 0 saturated heterocycles. The van der Waals surface area contributed by atoms with E-state index >= 15 is 0 Å². The van der Waals surface area contributed by atoms with Crippen LogP contribution < -0.4 is 15.5 Å². The van der Waals surface area contributed by atoms with Crippen molar-refractivity contribution in [2.75, 3.05) is 35.2 Å². The zero-order chi connectivity index (χ0) is 17.4. The third kappa shape index (κ3) is 4.59. The van der Waals surface area contributed by atoms with Crippen LogP contribution in [-0.2, 0) is 0 Å². The summed E-state index contributed by atoms with van der Waals surface area (Å²) in [5.74, 6) is 0.545. The van der Waals surface area contributed by atoms with Gasteiger partial charge < -0.3 is 15.5 Å². The van der Waals surface area contributed by atoms with Crippen molar-refractivity contribution in [1.29, 1.82) is 0 Å². The van der Waals surface area contributed by atoms with Crippen molar-refractivity contribution in [1.82, 2.24) is 4.98 Å². The maximum Gasteiger partial charge on any atom is 0.257 e. The lowest BCUT2D eigenvalue weighted by Gasteiger charge is -2.21. The molecule has 5 heteroatoms. The van der Waals surface area contributed by atoms with Gasteiger partial charge in [0.2, 0.25) is 0 Å².